The highest BCUT2D eigenvalue weighted by Gasteiger charge is 2.23. The lowest BCUT2D eigenvalue weighted by Gasteiger charge is -2.30. The number of aryl methyl sites for hydroxylation is 1. The fraction of sp³-hybridized carbons (Fsp3) is 0.438. The summed E-state index contributed by atoms with van der Waals surface area (Å²) in [6.07, 6.45) is 4.77. The Kier molecular flexibility index (Phi) is 5.37. The first-order valence-electron chi connectivity index (χ1n) is 7.38. The van der Waals surface area contributed by atoms with Gasteiger partial charge in [0.1, 0.15) is 0 Å². The van der Waals surface area contributed by atoms with E-state index in [4.69, 9.17) is 0 Å². The average molecular weight is 322 g/mol. The second-order valence-electron chi connectivity index (χ2n) is 5.44. The number of benzene rings is 1. The molecule has 1 aliphatic rings. The van der Waals surface area contributed by atoms with Crippen molar-refractivity contribution in [2.24, 2.45) is 0 Å². The number of nitrogens with zero attached hydrogens (tertiary/aromatic N) is 2. The van der Waals surface area contributed by atoms with Crippen molar-refractivity contribution >= 4 is 21.6 Å². The highest BCUT2D eigenvalue weighted by molar-refractivity contribution is 7.88. The van der Waals surface area contributed by atoms with Crippen LogP contribution < -0.4 is 4.90 Å². The van der Waals surface area contributed by atoms with Crippen molar-refractivity contribution in [1.29, 1.82) is 0 Å². The molecule has 0 bridgehead atoms. The van der Waals surface area contributed by atoms with E-state index in [1.807, 2.05) is 24.3 Å². The Morgan fingerprint density at radius 3 is 2.82 bits per heavy atom. The van der Waals surface area contributed by atoms with Gasteiger partial charge in [-0.2, -0.15) is 4.31 Å². The third-order valence-electron chi connectivity index (χ3n) is 3.79. The monoisotopic (exact) mass is 322 g/mol. The Hall–Kier alpha value is -1.66. The molecule has 0 fully saturated rings. The maximum atomic E-state index is 12.5. The molecular weight excluding hydrogens is 300 g/mol. The molecular formula is C16H22N2O3S. The summed E-state index contributed by atoms with van der Waals surface area (Å²) in [5.41, 5.74) is 2.13. The molecule has 22 heavy (non-hydrogen) atoms. The SMILES string of the molecule is C=CCN(CCC(=O)N1CCCc2ccccc21)S(C)(=O)=O. The van der Waals surface area contributed by atoms with Gasteiger partial charge in [0, 0.05) is 31.7 Å². The van der Waals surface area contributed by atoms with Crippen molar-refractivity contribution in [3.8, 4) is 0 Å². The van der Waals surface area contributed by atoms with E-state index in [-0.39, 0.29) is 25.4 Å². The normalized spacial score (nSPS) is 14.7. The number of anilines is 1. The maximum absolute atomic E-state index is 12.5. The second kappa shape index (κ2) is 7.07. The van der Waals surface area contributed by atoms with Crippen molar-refractivity contribution in [1.82, 2.24) is 4.31 Å². The Balaban J connectivity index is 2.06. The van der Waals surface area contributed by atoms with Crippen molar-refractivity contribution in [3.05, 3.63) is 42.5 Å². The third kappa shape index (κ3) is 3.96. The van der Waals surface area contributed by atoms with E-state index < -0.39 is 10.0 Å². The molecule has 1 heterocycles. The van der Waals surface area contributed by atoms with Crippen LogP contribution in [0.15, 0.2) is 36.9 Å². The molecule has 6 heteroatoms. The summed E-state index contributed by atoms with van der Waals surface area (Å²) in [6.45, 7) is 4.66. The Bertz CT molecular complexity index is 655. The first-order chi connectivity index (χ1) is 10.4. The summed E-state index contributed by atoms with van der Waals surface area (Å²) in [4.78, 5) is 14.2. The molecule has 2 rings (SSSR count). The number of para-hydroxylation sites is 1. The number of carbonyl (C=O) groups is 1. The minimum atomic E-state index is -3.32. The minimum absolute atomic E-state index is 0.0372. The van der Waals surface area contributed by atoms with E-state index in [1.165, 1.54) is 15.9 Å². The van der Waals surface area contributed by atoms with Crippen molar-refractivity contribution < 1.29 is 13.2 Å². The van der Waals surface area contributed by atoms with E-state index in [0.29, 0.717) is 6.54 Å². The highest BCUT2D eigenvalue weighted by atomic mass is 32.2. The standard InChI is InChI=1S/C16H22N2O3S/c1-3-11-17(22(2,20)21)13-10-16(19)18-12-6-8-14-7-4-5-9-15(14)18/h3-5,7,9H,1,6,8,10-13H2,2H3. The van der Waals surface area contributed by atoms with Crippen LogP contribution in [0.5, 0.6) is 0 Å². The zero-order chi connectivity index (χ0) is 16.2. The second-order valence-corrected chi connectivity index (χ2v) is 7.42. The van der Waals surface area contributed by atoms with Gasteiger partial charge in [0.15, 0.2) is 0 Å². The van der Waals surface area contributed by atoms with Crippen molar-refractivity contribution in [2.75, 3.05) is 30.8 Å². The summed E-state index contributed by atoms with van der Waals surface area (Å²) in [7, 11) is -3.32. The van der Waals surface area contributed by atoms with Crippen molar-refractivity contribution in [2.45, 2.75) is 19.3 Å². The van der Waals surface area contributed by atoms with Gasteiger partial charge >= 0.3 is 0 Å². The van der Waals surface area contributed by atoms with E-state index in [1.54, 1.807) is 4.90 Å². The van der Waals surface area contributed by atoms with Gasteiger partial charge in [-0.25, -0.2) is 8.42 Å². The minimum Gasteiger partial charge on any atom is -0.312 e. The molecule has 0 unspecified atom stereocenters. The number of sulfonamides is 1. The molecule has 0 saturated heterocycles. The molecule has 0 spiro atoms. The summed E-state index contributed by atoms with van der Waals surface area (Å²) in [5, 5.41) is 0. The first-order valence-corrected chi connectivity index (χ1v) is 9.22. The number of fused-ring (bicyclic) bond motifs is 1. The Morgan fingerprint density at radius 2 is 2.14 bits per heavy atom. The number of carbonyl (C=O) groups excluding carboxylic acids is 1. The van der Waals surface area contributed by atoms with E-state index in [2.05, 4.69) is 6.58 Å². The summed E-state index contributed by atoms with van der Waals surface area (Å²) in [6, 6.07) is 7.88. The number of hydrogen-bond acceptors (Lipinski definition) is 3. The van der Waals surface area contributed by atoms with Crippen LogP contribution >= 0.6 is 0 Å². The molecule has 0 aliphatic carbocycles. The summed E-state index contributed by atoms with van der Waals surface area (Å²) in [5.74, 6) is -0.0372. The molecule has 120 valence electrons. The van der Waals surface area contributed by atoms with Crippen LogP contribution in [0.3, 0.4) is 0 Å². The van der Waals surface area contributed by atoms with Gasteiger partial charge in [0.2, 0.25) is 15.9 Å². The predicted molar refractivity (Wildman–Crippen MR) is 88.3 cm³/mol. The molecule has 1 amide bonds. The molecule has 1 aromatic rings. The fourth-order valence-electron chi connectivity index (χ4n) is 2.68. The topological polar surface area (TPSA) is 57.7 Å². The zero-order valence-electron chi connectivity index (χ0n) is 12.9. The van der Waals surface area contributed by atoms with Gasteiger partial charge in [-0.3, -0.25) is 4.79 Å². The molecule has 0 radical (unpaired) electrons. The largest absolute Gasteiger partial charge is 0.312 e. The Morgan fingerprint density at radius 1 is 1.41 bits per heavy atom. The zero-order valence-corrected chi connectivity index (χ0v) is 13.7. The molecule has 1 aliphatic heterocycles. The Labute approximate surface area is 132 Å². The average Bonchev–Trinajstić information content (AvgIpc) is 2.49. The first kappa shape index (κ1) is 16.7. The third-order valence-corrected chi connectivity index (χ3v) is 5.06. The number of amides is 1. The van der Waals surface area contributed by atoms with Crippen LogP contribution in [0.4, 0.5) is 5.69 Å². The highest BCUT2D eigenvalue weighted by Crippen LogP contribution is 2.27. The van der Waals surface area contributed by atoms with Crippen LogP contribution in [0, 0.1) is 0 Å². The van der Waals surface area contributed by atoms with Gasteiger partial charge in [-0.15, -0.1) is 6.58 Å². The fourth-order valence-corrected chi connectivity index (χ4v) is 3.48. The van der Waals surface area contributed by atoms with E-state index in [9.17, 15) is 13.2 Å². The van der Waals surface area contributed by atoms with Gasteiger partial charge in [-0.05, 0) is 24.5 Å². The molecule has 0 aromatic heterocycles. The van der Waals surface area contributed by atoms with Gasteiger partial charge < -0.3 is 4.90 Å². The molecule has 5 nitrogen and oxygen atoms in total. The quantitative estimate of drug-likeness (QED) is 0.751. The number of hydrogen-bond donors (Lipinski definition) is 0. The van der Waals surface area contributed by atoms with Crippen LogP contribution in [-0.4, -0.2) is 44.5 Å². The predicted octanol–water partition coefficient (Wildman–Crippen LogP) is 1.80. The molecule has 0 atom stereocenters. The van der Waals surface area contributed by atoms with Crippen molar-refractivity contribution in [3.63, 3.8) is 0 Å². The lowest BCUT2D eigenvalue weighted by molar-refractivity contribution is -0.118. The van der Waals surface area contributed by atoms with Gasteiger partial charge in [0.05, 0.1) is 6.26 Å². The van der Waals surface area contributed by atoms with Gasteiger partial charge in [0.25, 0.3) is 0 Å². The van der Waals surface area contributed by atoms with Crippen LogP contribution in [0.1, 0.15) is 18.4 Å². The number of rotatable bonds is 6. The molecule has 1 aromatic carbocycles. The smallest absolute Gasteiger partial charge is 0.228 e. The van der Waals surface area contributed by atoms with Gasteiger partial charge in [-0.1, -0.05) is 24.3 Å². The molecule has 0 saturated carbocycles. The van der Waals surface area contributed by atoms with Crippen LogP contribution in [0.25, 0.3) is 0 Å². The lowest BCUT2D eigenvalue weighted by Crippen LogP contribution is -2.39. The summed E-state index contributed by atoms with van der Waals surface area (Å²) < 4.78 is 24.6. The van der Waals surface area contributed by atoms with E-state index >= 15 is 0 Å². The van der Waals surface area contributed by atoms with E-state index in [0.717, 1.165) is 24.8 Å². The molecule has 0 N–H and O–H groups in total. The maximum Gasteiger partial charge on any atom is 0.228 e. The van der Waals surface area contributed by atoms with Crippen LogP contribution in [-0.2, 0) is 21.2 Å². The summed E-state index contributed by atoms with van der Waals surface area (Å²) >= 11 is 0. The van der Waals surface area contributed by atoms with Crippen LogP contribution in [0.2, 0.25) is 0 Å². The lowest BCUT2D eigenvalue weighted by atomic mass is 10.0.